The minimum absolute atomic E-state index is 0.0426. The van der Waals surface area contributed by atoms with Crippen molar-refractivity contribution < 1.29 is 19.1 Å². The molecule has 208 valence electrons. The molecule has 2 aliphatic heterocycles. The van der Waals surface area contributed by atoms with Gasteiger partial charge in [0.25, 0.3) is 5.91 Å². The summed E-state index contributed by atoms with van der Waals surface area (Å²) in [6.07, 6.45) is 4.80. The van der Waals surface area contributed by atoms with Crippen LogP contribution in [-0.4, -0.2) is 80.0 Å². The Hall–Kier alpha value is -3.39. The lowest BCUT2D eigenvalue weighted by atomic mass is 9.94. The first kappa shape index (κ1) is 27.2. The number of piperazine rings is 1. The molecule has 2 saturated heterocycles. The maximum Gasteiger partial charge on any atom is 0.256 e. The van der Waals surface area contributed by atoms with E-state index >= 15 is 0 Å². The number of carbonyl (C=O) groups excluding carboxylic acids is 3. The molecule has 0 aromatic heterocycles. The number of nitrogens with one attached hydrogen (secondary N) is 1. The van der Waals surface area contributed by atoms with E-state index in [1.165, 1.54) is 0 Å². The number of nitrogens with zero attached hydrogens (tertiary/aromatic N) is 3. The molecule has 8 heteroatoms. The number of morpholine rings is 1. The Morgan fingerprint density at radius 1 is 0.897 bits per heavy atom. The van der Waals surface area contributed by atoms with E-state index in [4.69, 9.17) is 4.74 Å². The minimum atomic E-state index is -0.140. The number of anilines is 2. The molecule has 1 aliphatic carbocycles. The fourth-order valence-corrected chi connectivity index (χ4v) is 6.06. The lowest BCUT2D eigenvalue weighted by Gasteiger charge is -2.38. The van der Waals surface area contributed by atoms with Crippen LogP contribution >= 0.6 is 0 Å². The van der Waals surface area contributed by atoms with Crippen molar-refractivity contribution in [2.75, 3.05) is 62.7 Å². The van der Waals surface area contributed by atoms with Crippen molar-refractivity contribution in [1.29, 1.82) is 0 Å². The molecule has 5 rings (SSSR count). The fraction of sp³-hybridized carbons (Fsp3) is 0.516. The molecule has 0 unspecified atom stereocenters. The molecule has 8 nitrogen and oxygen atoms in total. The van der Waals surface area contributed by atoms with E-state index in [9.17, 15) is 14.4 Å². The van der Waals surface area contributed by atoms with Crippen LogP contribution in [0.4, 0.5) is 11.4 Å². The molecule has 39 heavy (non-hydrogen) atoms. The fourth-order valence-electron chi connectivity index (χ4n) is 6.06. The van der Waals surface area contributed by atoms with Crippen molar-refractivity contribution >= 4 is 29.1 Å². The van der Waals surface area contributed by atoms with E-state index in [0.29, 0.717) is 63.7 Å². The highest BCUT2D eigenvalue weighted by Gasteiger charge is 2.30. The SMILES string of the molecule is CC[C@H](C(=O)N1CCN(c2ccc(NC(=O)C3CCCC3)cc2C(=O)N2CCOCC2)CC1)c1ccccc1. The third kappa shape index (κ3) is 6.27. The summed E-state index contributed by atoms with van der Waals surface area (Å²) in [6.45, 7) is 6.72. The first-order valence-corrected chi connectivity index (χ1v) is 14.5. The van der Waals surface area contributed by atoms with E-state index in [-0.39, 0.29) is 29.6 Å². The van der Waals surface area contributed by atoms with Crippen molar-refractivity contribution in [2.45, 2.75) is 44.9 Å². The van der Waals surface area contributed by atoms with E-state index < -0.39 is 0 Å². The first-order valence-electron chi connectivity index (χ1n) is 14.5. The molecule has 1 N–H and O–H groups in total. The average molecular weight is 533 g/mol. The Kier molecular flexibility index (Phi) is 8.81. The lowest BCUT2D eigenvalue weighted by molar-refractivity contribution is -0.133. The second-order valence-electron chi connectivity index (χ2n) is 10.8. The van der Waals surface area contributed by atoms with Crippen LogP contribution in [0.3, 0.4) is 0 Å². The number of carbonyl (C=O) groups is 3. The molecule has 0 radical (unpaired) electrons. The maximum absolute atomic E-state index is 13.7. The van der Waals surface area contributed by atoms with Gasteiger partial charge in [-0.15, -0.1) is 0 Å². The molecule has 0 spiro atoms. The summed E-state index contributed by atoms with van der Waals surface area (Å²) in [5.74, 6) is 0.0772. The van der Waals surface area contributed by atoms with Gasteiger partial charge in [0, 0.05) is 56.6 Å². The Bertz CT molecular complexity index is 1150. The van der Waals surface area contributed by atoms with Crippen LogP contribution in [0.1, 0.15) is 60.9 Å². The molecule has 3 aliphatic rings. The van der Waals surface area contributed by atoms with Crippen LogP contribution < -0.4 is 10.2 Å². The van der Waals surface area contributed by atoms with Crippen LogP contribution in [-0.2, 0) is 14.3 Å². The van der Waals surface area contributed by atoms with Crippen molar-refractivity contribution in [3.63, 3.8) is 0 Å². The topological polar surface area (TPSA) is 82.2 Å². The van der Waals surface area contributed by atoms with Crippen LogP contribution in [0.2, 0.25) is 0 Å². The summed E-state index contributed by atoms with van der Waals surface area (Å²) in [5, 5.41) is 3.06. The number of ether oxygens (including phenoxy) is 1. The summed E-state index contributed by atoms with van der Waals surface area (Å²) < 4.78 is 5.46. The Labute approximate surface area is 231 Å². The summed E-state index contributed by atoms with van der Waals surface area (Å²) in [4.78, 5) is 45.9. The molecule has 3 amide bonds. The quantitative estimate of drug-likeness (QED) is 0.580. The molecule has 0 bridgehead atoms. The smallest absolute Gasteiger partial charge is 0.256 e. The number of hydrogen-bond donors (Lipinski definition) is 1. The predicted molar refractivity (Wildman–Crippen MR) is 152 cm³/mol. The molecule has 1 atom stereocenters. The maximum atomic E-state index is 13.7. The van der Waals surface area contributed by atoms with Gasteiger partial charge in [0.05, 0.1) is 24.7 Å². The molecule has 2 aromatic rings. The van der Waals surface area contributed by atoms with Gasteiger partial charge in [-0.3, -0.25) is 14.4 Å². The van der Waals surface area contributed by atoms with Gasteiger partial charge in [-0.2, -0.15) is 0 Å². The zero-order valence-corrected chi connectivity index (χ0v) is 22.9. The third-order valence-electron chi connectivity index (χ3n) is 8.36. The minimum Gasteiger partial charge on any atom is -0.378 e. The Balaban J connectivity index is 1.32. The molecular weight excluding hydrogens is 492 g/mol. The normalized spacial score (nSPS) is 19.2. The van der Waals surface area contributed by atoms with E-state index in [0.717, 1.165) is 43.4 Å². The van der Waals surface area contributed by atoms with Gasteiger partial charge in [0.1, 0.15) is 0 Å². The van der Waals surface area contributed by atoms with Gasteiger partial charge in [0.15, 0.2) is 0 Å². The number of hydrogen-bond acceptors (Lipinski definition) is 5. The van der Waals surface area contributed by atoms with Gasteiger partial charge in [0.2, 0.25) is 11.8 Å². The summed E-state index contributed by atoms with van der Waals surface area (Å²) in [6, 6.07) is 15.7. The van der Waals surface area contributed by atoms with Crippen molar-refractivity contribution in [1.82, 2.24) is 9.80 Å². The first-order chi connectivity index (χ1) is 19.0. The van der Waals surface area contributed by atoms with E-state index in [1.807, 2.05) is 58.3 Å². The van der Waals surface area contributed by atoms with E-state index in [1.54, 1.807) is 0 Å². The molecule has 2 aromatic carbocycles. The standard InChI is InChI=1S/C31H40N4O4/c1-2-26(23-8-4-3-5-9-23)30(37)34-16-14-33(15-17-34)28-13-12-25(32-29(36)24-10-6-7-11-24)22-27(28)31(38)35-18-20-39-21-19-35/h3-5,8-9,12-13,22,24,26H,2,6-7,10-11,14-21H2,1H3,(H,32,36)/t26-/m0/s1. The lowest BCUT2D eigenvalue weighted by Crippen LogP contribution is -2.50. The van der Waals surface area contributed by atoms with Crippen molar-refractivity contribution in [3.8, 4) is 0 Å². The highest BCUT2D eigenvalue weighted by atomic mass is 16.5. The highest BCUT2D eigenvalue weighted by molar-refractivity contribution is 6.02. The van der Waals surface area contributed by atoms with Crippen LogP contribution in [0.5, 0.6) is 0 Å². The Morgan fingerprint density at radius 3 is 2.26 bits per heavy atom. The van der Waals surface area contributed by atoms with Crippen LogP contribution in [0.15, 0.2) is 48.5 Å². The zero-order valence-electron chi connectivity index (χ0n) is 22.9. The average Bonchev–Trinajstić information content (AvgIpc) is 3.54. The molecule has 1 saturated carbocycles. The van der Waals surface area contributed by atoms with E-state index in [2.05, 4.69) is 17.1 Å². The van der Waals surface area contributed by atoms with Gasteiger partial charge in [-0.1, -0.05) is 50.1 Å². The monoisotopic (exact) mass is 532 g/mol. The largest absolute Gasteiger partial charge is 0.378 e. The highest BCUT2D eigenvalue weighted by Crippen LogP contribution is 2.30. The zero-order chi connectivity index (χ0) is 27.2. The number of benzene rings is 2. The van der Waals surface area contributed by atoms with Gasteiger partial charge >= 0.3 is 0 Å². The van der Waals surface area contributed by atoms with Crippen molar-refractivity contribution in [3.05, 3.63) is 59.7 Å². The van der Waals surface area contributed by atoms with Crippen LogP contribution in [0.25, 0.3) is 0 Å². The predicted octanol–water partition coefficient (Wildman–Crippen LogP) is 4.13. The van der Waals surface area contributed by atoms with Crippen molar-refractivity contribution in [2.24, 2.45) is 5.92 Å². The summed E-state index contributed by atoms with van der Waals surface area (Å²) in [7, 11) is 0. The molecule has 2 heterocycles. The summed E-state index contributed by atoms with van der Waals surface area (Å²) >= 11 is 0. The second-order valence-corrected chi connectivity index (χ2v) is 10.8. The van der Waals surface area contributed by atoms with Gasteiger partial charge < -0.3 is 24.8 Å². The summed E-state index contributed by atoms with van der Waals surface area (Å²) in [5.41, 5.74) is 3.17. The molecule has 3 fully saturated rings. The Morgan fingerprint density at radius 2 is 1.59 bits per heavy atom. The number of amides is 3. The van der Waals surface area contributed by atoms with Gasteiger partial charge in [-0.05, 0) is 43.0 Å². The second kappa shape index (κ2) is 12.6. The number of rotatable bonds is 7. The van der Waals surface area contributed by atoms with Crippen LogP contribution in [0, 0.1) is 5.92 Å². The third-order valence-corrected chi connectivity index (χ3v) is 8.36. The molecular formula is C31H40N4O4. The van der Waals surface area contributed by atoms with Gasteiger partial charge in [-0.25, -0.2) is 0 Å².